The average Bonchev–Trinajstić information content (AvgIpc) is 3.21. The molecule has 10 nitrogen and oxygen atoms in total. The number of carbonyl (C=O) groups is 2. The standard InChI is InChI=1S/C47H76NO9P/c1-3-5-7-9-11-12-13-14-15-16-17-18-19-20-21-22-27-31-35-39-47(51)57-45(43-56-58(52,53)55-41-40-48)42-54-46(50)38-34-30-26-24-23-25-29-33-37-44(49)36-32-28-10-8-6-4-2/h11-12,14-15,17-18,20-21,24-29,31-33,37,44-45,49H,3-10,13,16,19,22-23,30,34-36,38-43,48H2,1-2H3,(H,52,53)/b12-11-,15-14-,18-17-,21-20-,26-24-,29-25-,31-27-,32-28-,37-33+/t44-,45-/m1/s1. The predicted octanol–water partition coefficient (Wildman–Crippen LogP) is 11.4. The van der Waals surface area contributed by atoms with Crippen LogP contribution in [0.5, 0.6) is 0 Å². The maximum atomic E-state index is 12.5. The molecule has 328 valence electrons. The van der Waals surface area contributed by atoms with Crippen LogP contribution in [0.2, 0.25) is 0 Å². The van der Waals surface area contributed by atoms with Crippen molar-refractivity contribution < 1.29 is 42.7 Å². The molecule has 0 aromatic carbocycles. The van der Waals surface area contributed by atoms with E-state index in [0.29, 0.717) is 25.7 Å². The summed E-state index contributed by atoms with van der Waals surface area (Å²) in [5, 5.41) is 10.0. The van der Waals surface area contributed by atoms with Crippen molar-refractivity contribution in [3.8, 4) is 0 Å². The summed E-state index contributed by atoms with van der Waals surface area (Å²) in [5.74, 6) is -1.04. The number of phosphoric acid groups is 1. The molecule has 0 saturated heterocycles. The molecule has 0 aliphatic carbocycles. The fourth-order valence-electron chi connectivity index (χ4n) is 4.99. The molecule has 3 atom stereocenters. The van der Waals surface area contributed by atoms with Gasteiger partial charge in [-0.25, -0.2) is 4.57 Å². The first-order chi connectivity index (χ1) is 28.2. The van der Waals surface area contributed by atoms with Gasteiger partial charge in [-0.15, -0.1) is 0 Å². The van der Waals surface area contributed by atoms with Gasteiger partial charge in [-0.3, -0.25) is 18.6 Å². The van der Waals surface area contributed by atoms with Crippen LogP contribution in [0, 0.1) is 0 Å². The largest absolute Gasteiger partial charge is 0.472 e. The summed E-state index contributed by atoms with van der Waals surface area (Å²) in [4.78, 5) is 34.8. The van der Waals surface area contributed by atoms with Crippen molar-refractivity contribution in [1.82, 2.24) is 0 Å². The van der Waals surface area contributed by atoms with Gasteiger partial charge in [-0.05, 0) is 83.5 Å². The Morgan fingerprint density at radius 3 is 1.69 bits per heavy atom. The van der Waals surface area contributed by atoms with Crippen molar-refractivity contribution in [1.29, 1.82) is 0 Å². The highest BCUT2D eigenvalue weighted by molar-refractivity contribution is 7.47. The summed E-state index contributed by atoms with van der Waals surface area (Å²) in [6.45, 7) is 3.40. The maximum absolute atomic E-state index is 12.5. The molecule has 0 aromatic rings. The van der Waals surface area contributed by atoms with Gasteiger partial charge >= 0.3 is 19.8 Å². The summed E-state index contributed by atoms with van der Waals surface area (Å²) in [7, 11) is -4.43. The fraction of sp³-hybridized carbons (Fsp3) is 0.574. The van der Waals surface area contributed by atoms with E-state index in [9.17, 15) is 24.2 Å². The minimum Gasteiger partial charge on any atom is -0.462 e. The van der Waals surface area contributed by atoms with Crippen LogP contribution in [0.15, 0.2) is 109 Å². The Balaban J connectivity index is 4.47. The Morgan fingerprint density at radius 2 is 1.12 bits per heavy atom. The fourth-order valence-corrected chi connectivity index (χ4v) is 5.75. The van der Waals surface area contributed by atoms with Crippen LogP contribution < -0.4 is 5.73 Å². The first kappa shape index (κ1) is 54.6. The normalized spacial score (nSPS) is 14.9. The van der Waals surface area contributed by atoms with E-state index in [4.69, 9.17) is 24.3 Å². The van der Waals surface area contributed by atoms with Crippen LogP contribution in [0.3, 0.4) is 0 Å². The number of phosphoric ester groups is 1. The van der Waals surface area contributed by atoms with E-state index < -0.39 is 38.6 Å². The topological polar surface area (TPSA) is 155 Å². The molecule has 1 unspecified atom stereocenters. The Kier molecular flexibility index (Phi) is 39.4. The van der Waals surface area contributed by atoms with E-state index in [-0.39, 0.29) is 32.6 Å². The molecule has 0 amide bonds. The third kappa shape index (κ3) is 40.8. The molecule has 0 spiro atoms. The first-order valence-electron chi connectivity index (χ1n) is 21.5. The molecule has 4 N–H and O–H groups in total. The lowest BCUT2D eigenvalue weighted by Gasteiger charge is -2.19. The van der Waals surface area contributed by atoms with E-state index in [1.54, 1.807) is 6.08 Å². The summed E-state index contributed by atoms with van der Waals surface area (Å²) in [6.07, 6.45) is 51.7. The van der Waals surface area contributed by atoms with Gasteiger partial charge in [-0.2, -0.15) is 0 Å². The van der Waals surface area contributed by atoms with Gasteiger partial charge in [0.1, 0.15) is 6.61 Å². The maximum Gasteiger partial charge on any atom is 0.472 e. The van der Waals surface area contributed by atoms with Gasteiger partial charge in [0, 0.05) is 19.4 Å². The van der Waals surface area contributed by atoms with E-state index in [1.807, 2.05) is 48.6 Å². The van der Waals surface area contributed by atoms with E-state index >= 15 is 0 Å². The summed E-state index contributed by atoms with van der Waals surface area (Å²) in [6, 6.07) is 0. The third-order valence-electron chi connectivity index (χ3n) is 8.23. The highest BCUT2D eigenvalue weighted by atomic mass is 31.2. The van der Waals surface area contributed by atoms with Crippen molar-refractivity contribution >= 4 is 19.8 Å². The summed E-state index contributed by atoms with van der Waals surface area (Å²) in [5.41, 5.74) is 5.33. The number of hydrogen-bond donors (Lipinski definition) is 3. The molecular weight excluding hydrogens is 753 g/mol. The van der Waals surface area contributed by atoms with Crippen LogP contribution in [-0.2, 0) is 32.7 Å². The SMILES string of the molecule is CCCCC/C=C\C/C=C\C/C=C\C/C=C\C/C=C\CCC(=O)O[C@H](COC(=O)CCC/C=C\C/C=C\C=C\[C@H](O)C/C=C\CCCCC)COP(=O)(O)OCCN. The van der Waals surface area contributed by atoms with Crippen LogP contribution in [-0.4, -0.2) is 60.5 Å². The predicted molar refractivity (Wildman–Crippen MR) is 239 cm³/mol. The molecule has 0 aromatic heterocycles. The zero-order valence-corrected chi connectivity index (χ0v) is 36.5. The molecule has 0 fully saturated rings. The Hall–Kier alpha value is -3.37. The summed E-state index contributed by atoms with van der Waals surface area (Å²) < 4.78 is 32.6. The second-order valence-electron chi connectivity index (χ2n) is 13.7. The highest BCUT2D eigenvalue weighted by Crippen LogP contribution is 2.43. The van der Waals surface area contributed by atoms with Gasteiger partial charge in [0.05, 0.1) is 19.3 Å². The Labute approximate surface area is 351 Å². The van der Waals surface area contributed by atoms with Crippen LogP contribution in [0.4, 0.5) is 0 Å². The van der Waals surface area contributed by atoms with Crippen molar-refractivity contribution in [2.24, 2.45) is 5.73 Å². The molecule has 58 heavy (non-hydrogen) atoms. The number of aliphatic hydroxyl groups is 1. The van der Waals surface area contributed by atoms with Crippen LogP contribution in [0.1, 0.15) is 136 Å². The zero-order chi connectivity index (χ0) is 42.6. The van der Waals surface area contributed by atoms with Gasteiger partial charge in [-0.1, -0.05) is 149 Å². The monoisotopic (exact) mass is 830 g/mol. The smallest absolute Gasteiger partial charge is 0.462 e. The van der Waals surface area contributed by atoms with Gasteiger partial charge in [0.25, 0.3) is 0 Å². The van der Waals surface area contributed by atoms with E-state index in [1.165, 1.54) is 44.9 Å². The minimum absolute atomic E-state index is 0.0195. The summed E-state index contributed by atoms with van der Waals surface area (Å²) >= 11 is 0. The average molecular weight is 830 g/mol. The molecular formula is C47H76NO9P. The van der Waals surface area contributed by atoms with Gasteiger partial charge in [0.2, 0.25) is 0 Å². The number of rotatable bonds is 38. The molecule has 0 rings (SSSR count). The number of ether oxygens (including phenoxy) is 2. The second kappa shape index (κ2) is 41.8. The third-order valence-corrected chi connectivity index (χ3v) is 9.21. The molecule has 11 heteroatoms. The number of carbonyl (C=O) groups excluding carboxylic acids is 2. The number of unbranched alkanes of at least 4 members (excludes halogenated alkanes) is 7. The molecule has 0 radical (unpaired) electrons. The number of aliphatic hydroxyl groups excluding tert-OH is 1. The van der Waals surface area contributed by atoms with Crippen molar-refractivity contribution in [3.63, 3.8) is 0 Å². The molecule has 0 saturated carbocycles. The Morgan fingerprint density at radius 1 is 0.603 bits per heavy atom. The lowest BCUT2D eigenvalue weighted by Crippen LogP contribution is -2.29. The molecule has 0 heterocycles. The van der Waals surface area contributed by atoms with E-state index in [2.05, 4.69) is 68.5 Å². The first-order valence-corrected chi connectivity index (χ1v) is 23.0. The van der Waals surface area contributed by atoms with Crippen molar-refractivity contribution in [2.75, 3.05) is 26.4 Å². The number of esters is 2. The van der Waals surface area contributed by atoms with Crippen molar-refractivity contribution in [2.45, 2.75) is 148 Å². The Bertz CT molecular complexity index is 1330. The minimum atomic E-state index is -4.43. The van der Waals surface area contributed by atoms with Crippen LogP contribution in [0.25, 0.3) is 0 Å². The lowest BCUT2D eigenvalue weighted by molar-refractivity contribution is -0.161. The van der Waals surface area contributed by atoms with Gasteiger partial charge in [0.15, 0.2) is 6.10 Å². The quantitative estimate of drug-likeness (QED) is 0.0180. The lowest BCUT2D eigenvalue weighted by atomic mass is 10.1. The highest BCUT2D eigenvalue weighted by Gasteiger charge is 2.25. The second-order valence-corrected chi connectivity index (χ2v) is 15.2. The molecule has 0 aliphatic rings. The zero-order valence-electron chi connectivity index (χ0n) is 35.6. The number of hydrogen-bond acceptors (Lipinski definition) is 9. The van der Waals surface area contributed by atoms with Gasteiger partial charge < -0.3 is 25.2 Å². The number of allylic oxidation sites excluding steroid dienone is 16. The molecule has 0 bridgehead atoms. The van der Waals surface area contributed by atoms with Crippen molar-refractivity contribution in [3.05, 3.63) is 109 Å². The van der Waals surface area contributed by atoms with E-state index in [0.717, 1.165) is 38.5 Å². The van der Waals surface area contributed by atoms with Crippen LogP contribution >= 0.6 is 7.82 Å². The molecule has 0 aliphatic heterocycles. The number of nitrogens with two attached hydrogens (primary N) is 1.